The Morgan fingerprint density at radius 1 is 1.00 bits per heavy atom. The zero-order chi connectivity index (χ0) is 35.2. The third-order valence-electron chi connectivity index (χ3n) is 8.89. The highest BCUT2D eigenvalue weighted by atomic mass is 19.1. The van der Waals surface area contributed by atoms with Crippen molar-refractivity contribution in [2.24, 2.45) is 0 Å². The number of halogens is 2. The Bertz CT molecular complexity index is 1980. The number of rotatable bonds is 13. The molecule has 3 heterocycles. The molecule has 0 atom stereocenters. The van der Waals surface area contributed by atoms with Gasteiger partial charge in [0.1, 0.15) is 22.9 Å². The molecule has 14 heteroatoms. The molecule has 0 aliphatic carbocycles. The zero-order valence-corrected chi connectivity index (χ0v) is 28.0. The molecule has 0 amide bonds. The van der Waals surface area contributed by atoms with Crippen LogP contribution < -0.4 is 26.9 Å². The lowest BCUT2D eigenvalue weighted by Crippen LogP contribution is -2.47. The number of pyridine rings is 1. The standard InChI is InChI=1S/C35H42F2N6O6/c1-4-23-18-24(9-8-22(23)3)38-28-20-29(45)43(35(48)39-28)11-7-6-10-40-12-14-41(15-13-40)32-27(36)19-25-31(30(32)37)42(16-17-44)21-26(33(25)46)34(47)49-5-2/h8-9,18-21,38,44H,4-7,10-17H2,1-3H3,(H,39,48). The van der Waals surface area contributed by atoms with Crippen molar-refractivity contribution < 1.29 is 23.4 Å². The molecule has 49 heavy (non-hydrogen) atoms. The third-order valence-corrected chi connectivity index (χ3v) is 8.89. The number of esters is 1. The van der Waals surface area contributed by atoms with E-state index in [0.717, 1.165) is 24.4 Å². The zero-order valence-electron chi connectivity index (χ0n) is 28.0. The van der Waals surface area contributed by atoms with Crippen LogP contribution in [0.2, 0.25) is 0 Å². The van der Waals surface area contributed by atoms with Crippen molar-refractivity contribution in [3.05, 3.63) is 95.9 Å². The van der Waals surface area contributed by atoms with Crippen LogP contribution in [0.25, 0.3) is 10.9 Å². The number of carbonyl (C=O) groups excluding carboxylic acids is 1. The predicted molar refractivity (Wildman–Crippen MR) is 184 cm³/mol. The van der Waals surface area contributed by atoms with E-state index in [4.69, 9.17) is 4.74 Å². The summed E-state index contributed by atoms with van der Waals surface area (Å²) in [5.74, 6) is -2.44. The molecule has 12 nitrogen and oxygen atoms in total. The van der Waals surface area contributed by atoms with Crippen LogP contribution in [0.3, 0.4) is 0 Å². The SMILES string of the molecule is CCOC(=O)c1cn(CCO)c2c(F)c(N3CCN(CCCCn4c(=O)cc(Nc5ccc(C)c(CC)c5)[nH]c4=O)CC3)c(F)cc2c1=O. The van der Waals surface area contributed by atoms with Gasteiger partial charge in [-0.2, -0.15) is 0 Å². The van der Waals surface area contributed by atoms with E-state index in [1.54, 1.807) is 11.8 Å². The molecule has 0 saturated carbocycles. The lowest BCUT2D eigenvalue weighted by atomic mass is 10.1. The number of carbonyl (C=O) groups is 1. The fraction of sp³-hybridized carbons (Fsp3) is 0.429. The monoisotopic (exact) mass is 680 g/mol. The second kappa shape index (κ2) is 15.6. The number of nitrogens with zero attached hydrogens (tertiary/aromatic N) is 4. The van der Waals surface area contributed by atoms with Crippen LogP contribution in [0.4, 0.5) is 26.0 Å². The second-order valence-corrected chi connectivity index (χ2v) is 12.1. The quantitative estimate of drug-likeness (QED) is 0.143. The molecule has 262 valence electrons. The maximum absolute atomic E-state index is 16.0. The molecule has 1 aliphatic rings. The molecule has 4 aromatic rings. The van der Waals surface area contributed by atoms with Crippen molar-refractivity contribution in [3.63, 3.8) is 0 Å². The van der Waals surface area contributed by atoms with E-state index in [1.165, 1.54) is 26.3 Å². The minimum atomic E-state index is -0.939. The van der Waals surface area contributed by atoms with Gasteiger partial charge in [0.2, 0.25) is 5.43 Å². The first-order valence-electron chi connectivity index (χ1n) is 16.6. The van der Waals surface area contributed by atoms with Gasteiger partial charge in [-0.3, -0.25) is 24.0 Å². The van der Waals surface area contributed by atoms with Crippen LogP contribution in [-0.2, 0) is 24.2 Å². The van der Waals surface area contributed by atoms with E-state index in [0.29, 0.717) is 51.4 Å². The number of fused-ring (bicyclic) bond motifs is 1. The molecule has 0 spiro atoms. The highest BCUT2D eigenvalue weighted by Crippen LogP contribution is 2.31. The summed E-state index contributed by atoms with van der Waals surface area (Å²) in [6, 6.07) is 8.20. The van der Waals surface area contributed by atoms with Crippen LogP contribution in [-0.4, -0.2) is 76.0 Å². The molecule has 2 aromatic carbocycles. The Kier molecular flexibility index (Phi) is 11.3. The number of nitrogens with one attached hydrogen (secondary N) is 2. The molecule has 1 aliphatic heterocycles. The summed E-state index contributed by atoms with van der Waals surface area (Å²) in [5, 5.41) is 12.4. The fourth-order valence-corrected chi connectivity index (χ4v) is 6.29. The van der Waals surface area contributed by atoms with E-state index >= 15 is 8.78 Å². The molecule has 1 saturated heterocycles. The summed E-state index contributed by atoms with van der Waals surface area (Å²) in [7, 11) is 0. The number of benzene rings is 2. The maximum atomic E-state index is 16.0. The number of aryl methyl sites for hydroxylation is 2. The van der Waals surface area contributed by atoms with E-state index in [1.807, 2.05) is 25.1 Å². The average molecular weight is 681 g/mol. The largest absolute Gasteiger partial charge is 0.462 e. The normalized spacial score (nSPS) is 13.6. The number of piperazine rings is 1. The smallest absolute Gasteiger partial charge is 0.343 e. The summed E-state index contributed by atoms with van der Waals surface area (Å²) in [6.45, 7) is 7.77. The summed E-state index contributed by atoms with van der Waals surface area (Å²) in [6.07, 6.45) is 3.29. The Balaban J connectivity index is 1.19. The van der Waals surface area contributed by atoms with E-state index < -0.39 is 40.9 Å². The van der Waals surface area contributed by atoms with Gasteiger partial charge in [0, 0.05) is 57.2 Å². The minimum Gasteiger partial charge on any atom is -0.462 e. The molecule has 3 N–H and O–H groups in total. The molecule has 0 unspecified atom stereocenters. The number of hydrogen-bond acceptors (Lipinski definition) is 9. The van der Waals surface area contributed by atoms with Crippen LogP contribution in [0.5, 0.6) is 0 Å². The summed E-state index contributed by atoms with van der Waals surface area (Å²) in [5.41, 5.74) is 0.563. The third kappa shape index (κ3) is 7.75. The van der Waals surface area contributed by atoms with Gasteiger partial charge >= 0.3 is 11.7 Å². The number of aromatic nitrogens is 3. The number of aromatic amines is 1. The van der Waals surface area contributed by atoms with Gasteiger partial charge in [0.05, 0.1) is 24.1 Å². The Morgan fingerprint density at radius 3 is 2.41 bits per heavy atom. The average Bonchev–Trinajstić information content (AvgIpc) is 3.07. The van der Waals surface area contributed by atoms with Gasteiger partial charge in [-0.1, -0.05) is 13.0 Å². The van der Waals surface area contributed by atoms with Crippen LogP contribution >= 0.6 is 0 Å². The summed E-state index contributed by atoms with van der Waals surface area (Å²) in [4.78, 5) is 57.3. The Labute approximate surface area is 281 Å². The van der Waals surface area contributed by atoms with Crippen molar-refractivity contribution in [3.8, 4) is 0 Å². The van der Waals surface area contributed by atoms with Crippen LogP contribution in [0.15, 0.2) is 50.9 Å². The summed E-state index contributed by atoms with van der Waals surface area (Å²) >= 11 is 0. The maximum Gasteiger partial charge on any atom is 0.343 e. The molecule has 5 rings (SSSR count). The van der Waals surface area contributed by atoms with E-state index in [2.05, 4.69) is 22.1 Å². The van der Waals surface area contributed by atoms with E-state index in [-0.39, 0.29) is 41.9 Å². The first-order chi connectivity index (χ1) is 23.6. The van der Waals surface area contributed by atoms with Gasteiger partial charge in [-0.05, 0) is 69.0 Å². The Hall–Kier alpha value is -4.82. The number of anilines is 3. The number of ether oxygens (including phenoxy) is 1. The van der Waals surface area contributed by atoms with Crippen molar-refractivity contribution >= 4 is 34.1 Å². The molecular formula is C35H42F2N6O6. The molecule has 2 aromatic heterocycles. The van der Waals surface area contributed by atoms with Gasteiger partial charge in [-0.25, -0.2) is 18.4 Å². The van der Waals surface area contributed by atoms with E-state index in [9.17, 15) is 24.3 Å². The minimum absolute atomic E-state index is 0.0186. The highest BCUT2D eigenvalue weighted by molar-refractivity contribution is 5.95. The lowest BCUT2D eigenvalue weighted by Gasteiger charge is -2.36. The lowest BCUT2D eigenvalue weighted by molar-refractivity contribution is 0.0524. The number of aliphatic hydroxyl groups is 1. The molecular weight excluding hydrogens is 638 g/mol. The highest BCUT2D eigenvalue weighted by Gasteiger charge is 2.27. The fourth-order valence-electron chi connectivity index (χ4n) is 6.29. The van der Waals surface area contributed by atoms with Crippen LogP contribution in [0.1, 0.15) is 48.2 Å². The molecule has 0 radical (unpaired) electrons. The van der Waals surface area contributed by atoms with Gasteiger partial charge in [0.15, 0.2) is 5.82 Å². The van der Waals surface area contributed by atoms with Crippen molar-refractivity contribution in [1.82, 2.24) is 19.0 Å². The van der Waals surface area contributed by atoms with Gasteiger partial charge in [0.25, 0.3) is 5.56 Å². The van der Waals surface area contributed by atoms with Crippen molar-refractivity contribution in [2.75, 3.05) is 56.2 Å². The second-order valence-electron chi connectivity index (χ2n) is 12.1. The van der Waals surface area contributed by atoms with Crippen molar-refractivity contribution in [1.29, 1.82) is 0 Å². The first kappa shape index (κ1) is 35.5. The Morgan fingerprint density at radius 2 is 1.73 bits per heavy atom. The number of H-pyrrole nitrogens is 1. The topological polar surface area (TPSA) is 142 Å². The number of hydrogen-bond donors (Lipinski definition) is 3. The van der Waals surface area contributed by atoms with Gasteiger partial charge in [-0.15, -0.1) is 0 Å². The number of unbranched alkanes of at least 4 members (excludes halogenated alkanes) is 1. The number of aliphatic hydroxyl groups excluding tert-OH is 1. The van der Waals surface area contributed by atoms with Crippen LogP contribution in [0, 0.1) is 18.6 Å². The molecule has 0 bridgehead atoms. The van der Waals surface area contributed by atoms with Gasteiger partial charge < -0.3 is 24.6 Å². The first-order valence-corrected chi connectivity index (χ1v) is 16.6. The predicted octanol–water partition coefficient (Wildman–Crippen LogP) is 3.52. The summed E-state index contributed by atoms with van der Waals surface area (Å²) < 4.78 is 38.8. The van der Waals surface area contributed by atoms with Crippen molar-refractivity contribution in [2.45, 2.75) is 53.1 Å². The molecule has 1 fully saturated rings.